The lowest BCUT2D eigenvalue weighted by Crippen LogP contribution is -2.29. The van der Waals surface area contributed by atoms with Gasteiger partial charge in [0.2, 0.25) is 0 Å². The average Bonchev–Trinajstić information content (AvgIpc) is 2.46. The largest absolute Gasteiger partial charge is 0.309 e. The summed E-state index contributed by atoms with van der Waals surface area (Å²) in [6.45, 7) is 12.3. The summed E-state index contributed by atoms with van der Waals surface area (Å²) in [6, 6.07) is 2.67. The Labute approximate surface area is 91.5 Å². The van der Waals surface area contributed by atoms with Crippen LogP contribution in [-0.4, -0.2) is 6.54 Å². The maximum atomic E-state index is 3.58. The Morgan fingerprint density at radius 1 is 1.43 bits per heavy atom. The number of thiophene rings is 1. The van der Waals surface area contributed by atoms with Gasteiger partial charge in [-0.15, -0.1) is 11.3 Å². The van der Waals surface area contributed by atoms with Crippen LogP contribution in [0.2, 0.25) is 0 Å². The zero-order valence-electron chi connectivity index (χ0n) is 9.85. The van der Waals surface area contributed by atoms with Gasteiger partial charge in [0.1, 0.15) is 0 Å². The van der Waals surface area contributed by atoms with Gasteiger partial charge in [0.15, 0.2) is 0 Å². The summed E-state index contributed by atoms with van der Waals surface area (Å²) in [6.07, 6.45) is 0. The van der Waals surface area contributed by atoms with Crippen molar-refractivity contribution >= 4 is 11.3 Å². The van der Waals surface area contributed by atoms with Gasteiger partial charge in [-0.05, 0) is 36.3 Å². The molecular formula is C12H21NS. The Morgan fingerprint density at radius 3 is 2.50 bits per heavy atom. The summed E-state index contributed by atoms with van der Waals surface area (Å²) >= 11 is 1.85. The number of hydrogen-bond acceptors (Lipinski definition) is 2. The number of nitrogens with one attached hydrogen (secondary N) is 1. The van der Waals surface area contributed by atoms with Crippen molar-refractivity contribution in [2.75, 3.05) is 6.54 Å². The Hall–Kier alpha value is -0.340. The van der Waals surface area contributed by atoms with Gasteiger partial charge in [-0.3, -0.25) is 0 Å². The quantitative estimate of drug-likeness (QED) is 0.803. The third-order valence-corrected chi connectivity index (χ3v) is 3.44. The lowest BCUT2D eigenvalue weighted by Gasteiger charge is -2.22. The molecule has 80 valence electrons. The highest BCUT2D eigenvalue weighted by molar-refractivity contribution is 7.10. The third kappa shape index (κ3) is 3.43. The molecule has 0 saturated heterocycles. The van der Waals surface area contributed by atoms with E-state index in [0.717, 1.165) is 6.54 Å². The van der Waals surface area contributed by atoms with Gasteiger partial charge < -0.3 is 5.32 Å². The molecule has 1 aromatic heterocycles. The predicted octanol–water partition coefficient (Wildman–Crippen LogP) is 3.75. The molecule has 1 N–H and O–H groups in total. The van der Waals surface area contributed by atoms with Crippen LogP contribution in [0, 0.1) is 12.3 Å². The van der Waals surface area contributed by atoms with Crippen molar-refractivity contribution in [1.29, 1.82) is 0 Å². The fourth-order valence-corrected chi connectivity index (χ4v) is 2.34. The second-order valence-corrected chi connectivity index (χ2v) is 6.08. The van der Waals surface area contributed by atoms with Crippen molar-refractivity contribution in [3.05, 3.63) is 21.9 Å². The molecule has 0 aliphatic heterocycles. The van der Waals surface area contributed by atoms with Crippen molar-refractivity contribution in [3.63, 3.8) is 0 Å². The molecule has 0 aliphatic carbocycles. The van der Waals surface area contributed by atoms with Gasteiger partial charge in [-0.1, -0.05) is 20.8 Å². The monoisotopic (exact) mass is 211 g/mol. The van der Waals surface area contributed by atoms with Crippen LogP contribution in [0.5, 0.6) is 0 Å². The maximum absolute atomic E-state index is 3.58. The summed E-state index contributed by atoms with van der Waals surface area (Å²) in [7, 11) is 0. The van der Waals surface area contributed by atoms with E-state index in [4.69, 9.17) is 0 Å². The molecule has 1 nitrogen and oxygen atoms in total. The summed E-state index contributed by atoms with van der Waals surface area (Å²) in [5.74, 6) is 0. The fourth-order valence-electron chi connectivity index (χ4n) is 1.38. The SMILES string of the molecule is Cc1ccsc1C(C)NCC(C)(C)C. The molecular weight excluding hydrogens is 190 g/mol. The molecule has 2 heteroatoms. The first-order chi connectivity index (χ1) is 6.40. The normalized spacial score (nSPS) is 14.4. The van der Waals surface area contributed by atoms with Crippen LogP contribution in [0.15, 0.2) is 11.4 Å². The molecule has 1 aromatic rings. The molecule has 1 rings (SSSR count). The minimum Gasteiger partial charge on any atom is -0.309 e. The van der Waals surface area contributed by atoms with Crippen LogP contribution >= 0.6 is 11.3 Å². The Kier molecular flexibility index (Phi) is 3.73. The van der Waals surface area contributed by atoms with E-state index in [1.54, 1.807) is 0 Å². The number of hydrogen-bond donors (Lipinski definition) is 1. The maximum Gasteiger partial charge on any atom is 0.0388 e. The molecule has 0 aromatic carbocycles. The highest BCUT2D eigenvalue weighted by Crippen LogP contribution is 2.24. The highest BCUT2D eigenvalue weighted by atomic mass is 32.1. The van der Waals surface area contributed by atoms with E-state index in [1.165, 1.54) is 10.4 Å². The van der Waals surface area contributed by atoms with E-state index in [2.05, 4.69) is 51.4 Å². The van der Waals surface area contributed by atoms with E-state index >= 15 is 0 Å². The lowest BCUT2D eigenvalue weighted by atomic mass is 9.96. The van der Waals surface area contributed by atoms with E-state index in [-0.39, 0.29) is 0 Å². The Morgan fingerprint density at radius 2 is 2.07 bits per heavy atom. The van der Waals surface area contributed by atoms with Crippen molar-refractivity contribution in [2.24, 2.45) is 5.41 Å². The van der Waals surface area contributed by atoms with Gasteiger partial charge in [0, 0.05) is 17.5 Å². The van der Waals surface area contributed by atoms with E-state index < -0.39 is 0 Å². The minimum absolute atomic E-state index is 0.361. The smallest absolute Gasteiger partial charge is 0.0388 e. The van der Waals surface area contributed by atoms with Crippen LogP contribution in [0.1, 0.15) is 44.2 Å². The number of aryl methyl sites for hydroxylation is 1. The van der Waals surface area contributed by atoms with Crippen LogP contribution < -0.4 is 5.32 Å². The zero-order valence-corrected chi connectivity index (χ0v) is 10.7. The third-order valence-electron chi connectivity index (χ3n) is 2.23. The first kappa shape index (κ1) is 11.7. The number of rotatable bonds is 3. The summed E-state index contributed by atoms with van der Waals surface area (Å²) in [5, 5.41) is 5.74. The summed E-state index contributed by atoms with van der Waals surface area (Å²) < 4.78 is 0. The molecule has 14 heavy (non-hydrogen) atoms. The first-order valence-electron chi connectivity index (χ1n) is 5.17. The van der Waals surface area contributed by atoms with E-state index in [9.17, 15) is 0 Å². The van der Waals surface area contributed by atoms with Crippen molar-refractivity contribution in [1.82, 2.24) is 5.32 Å². The predicted molar refractivity (Wildman–Crippen MR) is 64.9 cm³/mol. The highest BCUT2D eigenvalue weighted by Gasteiger charge is 2.14. The molecule has 0 saturated carbocycles. The molecule has 0 spiro atoms. The van der Waals surface area contributed by atoms with E-state index in [0.29, 0.717) is 11.5 Å². The van der Waals surface area contributed by atoms with Crippen molar-refractivity contribution in [2.45, 2.75) is 40.7 Å². The molecule has 0 fully saturated rings. The minimum atomic E-state index is 0.361. The summed E-state index contributed by atoms with van der Waals surface area (Å²) in [5.41, 5.74) is 1.77. The van der Waals surface area contributed by atoms with Crippen molar-refractivity contribution < 1.29 is 0 Å². The Bertz CT molecular complexity index is 283. The molecule has 0 bridgehead atoms. The van der Waals surface area contributed by atoms with Gasteiger partial charge in [-0.25, -0.2) is 0 Å². The van der Waals surface area contributed by atoms with Crippen LogP contribution in [0.3, 0.4) is 0 Å². The van der Waals surface area contributed by atoms with Crippen LogP contribution in [0.4, 0.5) is 0 Å². The molecule has 0 aliphatic rings. The van der Waals surface area contributed by atoms with Crippen LogP contribution in [-0.2, 0) is 0 Å². The van der Waals surface area contributed by atoms with Gasteiger partial charge in [-0.2, -0.15) is 0 Å². The fraction of sp³-hybridized carbons (Fsp3) is 0.667. The van der Waals surface area contributed by atoms with Gasteiger partial charge in [0.05, 0.1) is 0 Å². The molecule has 1 heterocycles. The summed E-state index contributed by atoms with van der Waals surface area (Å²) in [4.78, 5) is 1.47. The van der Waals surface area contributed by atoms with Gasteiger partial charge in [0.25, 0.3) is 0 Å². The second kappa shape index (κ2) is 4.45. The Balaban J connectivity index is 2.51. The van der Waals surface area contributed by atoms with Crippen molar-refractivity contribution in [3.8, 4) is 0 Å². The molecule has 1 atom stereocenters. The molecule has 0 radical (unpaired) electrons. The molecule has 1 unspecified atom stereocenters. The second-order valence-electron chi connectivity index (χ2n) is 5.13. The van der Waals surface area contributed by atoms with Gasteiger partial charge >= 0.3 is 0 Å². The zero-order chi connectivity index (χ0) is 10.8. The molecule has 0 amide bonds. The van der Waals surface area contributed by atoms with E-state index in [1.807, 2.05) is 11.3 Å². The topological polar surface area (TPSA) is 12.0 Å². The van der Waals surface area contributed by atoms with Crippen LogP contribution in [0.25, 0.3) is 0 Å². The standard InChI is InChI=1S/C12H21NS/c1-9-6-7-14-11(9)10(2)13-8-12(3,4)5/h6-7,10,13H,8H2,1-5H3. The first-order valence-corrected chi connectivity index (χ1v) is 6.05. The average molecular weight is 211 g/mol. The lowest BCUT2D eigenvalue weighted by molar-refractivity contribution is 0.360.